The highest BCUT2D eigenvalue weighted by atomic mass is 16.6. The summed E-state index contributed by atoms with van der Waals surface area (Å²) in [7, 11) is 0. The van der Waals surface area contributed by atoms with Gasteiger partial charge in [-0.1, -0.05) is 6.92 Å². The molecular formula is C16H20N2O4. The van der Waals surface area contributed by atoms with Crippen LogP contribution in [0, 0.1) is 22.7 Å². The molecule has 2 heterocycles. The predicted molar refractivity (Wildman–Crippen MR) is 76.0 cm³/mol. The van der Waals surface area contributed by atoms with Gasteiger partial charge < -0.3 is 9.84 Å². The van der Waals surface area contributed by atoms with Gasteiger partial charge in [0.25, 0.3) is 0 Å². The molecule has 4 aliphatic rings. The number of ketones is 1. The molecule has 0 bridgehead atoms. The molecule has 0 unspecified atom stereocenters. The molecule has 6 nitrogen and oxygen atoms in total. The Morgan fingerprint density at radius 2 is 1.95 bits per heavy atom. The Kier molecular flexibility index (Phi) is 2.58. The molecule has 1 saturated carbocycles. The van der Waals surface area contributed by atoms with Gasteiger partial charge in [-0.2, -0.15) is 10.2 Å². The van der Waals surface area contributed by atoms with Crippen LogP contribution >= 0.6 is 0 Å². The number of esters is 1. The Morgan fingerprint density at radius 3 is 2.64 bits per heavy atom. The molecule has 6 heteroatoms. The Hall–Kier alpha value is -1.56. The average molecular weight is 304 g/mol. The van der Waals surface area contributed by atoms with E-state index in [0.29, 0.717) is 13.1 Å². The molecule has 2 aliphatic heterocycles. The molecule has 0 aromatic heterocycles. The number of carbonyl (C=O) groups excluding carboxylic acids is 2. The summed E-state index contributed by atoms with van der Waals surface area (Å²) in [6.45, 7) is 4.36. The highest BCUT2D eigenvalue weighted by Crippen LogP contribution is 2.60. The Bertz CT molecular complexity index is 620. The topological polar surface area (TPSA) is 88.3 Å². The van der Waals surface area contributed by atoms with E-state index in [4.69, 9.17) is 4.74 Å². The number of hydrogen-bond acceptors (Lipinski definition) is 6. The number of fused-ring (bicyclic) bond motifs is 4. The first-order valence-corrected chi connectivity index (χ1v) is 7.87. The minimum atomic E-state index is -1.26. The zero-order valence-electron chi connectivity index (χ0n) is 12.8. The number of azo groups is 1. The molecule has 1 spiro atoms. The molecule has 2 aliphatic carbocycles. The molecule has 5 atom stereocenters. The minimum Gasteiger partial charge on any atom is -0.460 e. The molecule has 0 aromatic carbocycles. The van der Waals surface area contributed by atoms with Crippen LogP contribution in [0.25, 0.3) is 0 Å². The van der Waals surface area contributed by atoms with E-state index in [0.717, 1.165) is 12.8 Å². The van der Waals surface area contributed by atoms with Gasteiger partial charge in [-0.3, -0.25) is 9.59 Å². The fourth-order valence-electron chi connectivity index (χ4n) is 4.91. The third kappa shape index (κ3) is 1.31. The van der Waals surface area contributed by atoms with Gasteiger partial charge in [0.05, 0.1) is 18.5 Å². The van der Waals surface area contributed by atoms with E-state index in [1.807, 2.05) is 6.92 Å². The summed E-state index contributed by atoms with van der Waals surface area (Å²) in [5.41, 5.74) is -3.11. The lowest BCUT2D eigenvalue weighted by molar-refractivity contribution is -0.167. The number of allylic oxidation sites excluding steroid dienone is 1. The number of rotatable bonds is 0. The number of hydrogen-bond donors (Lipinski definition) is 1. The SMILES string of the molecule is C[C@H]1CC[C@@H]2[C@@H](OC(=O)C23CN=NC3)[C@]2(C)C(=O)C=C[C@@]12O. The van der Waals surface area contributed by atoms with Gasteiger partial charge in [0.15, 0.2) is 5.78 Å². The van der Waals surface area contributed by atoms with Gasteiger partial charge in [0, 0.05) is 5.92 Å². The minimum absolute atomic E-state index is 0.0724. The van der Waals surface area contributed by atoms with E-state index in [9.17, 15) is 14.7 Å². The van der Waals surface area contributed by atoms with Crippen LogP contribution in [0.3, 0.4) is 0 Å². The zero-order chi connectivity index (χ0) is 15.8. The third-order valence-electron chi connectivity index (χ3n) is 6.59. The quantitative estimate of drug-likeness (QED) is 0.683. The van der Waals surface area contributed by atoms with Crippen molar-refractivity contribution in [2.45, 2.75) is 38.4 Å². The normalized spacial score (nSPS) is 48.4. The molecule has 4 rings (SSSR count). The van der Waals surface area contributed by atoms with Crippen LogP contribution in [-0.2, 0) is 14.3 Å². The first-order valence-electron chi connectivity index (χ1n) is 7.87. The molecule has 1 N–H and O–H groups in total. The van der Waals surface area contributed by atoms with E-state index < -0.39 is 22.5 Å². The molecule has 2 fully saturated rings. The summed E-state index contributed by atoms with van der Waals surface area (Å²) in [4.78, 5) is 25.1. The van der Waals surface area contributed by atoms with E-state index in [-0.39, 0.29) is 23.6 Å². The number of carbonyl (C=O) groups is 2. The van der Waals surface area contributed by atoms with Gasteiger partial charge in [0.2, 0.25) is 0 Å². The maximum absolute atomic E-state index is 12.6. The van der Waals surface area contributed by atoms with E-state index in [1.54, 1.807) is 13.0 Å². The molecule has 1 saturated heterocycles. The van der Waals surface area contributed by atoms with Crippen LogP contribution in [0.4, 0.5) is 0 Å². The lowest BCUT2D eigenvalue weighted by Crippen LogP contribution is -2.57. The Labute approximate surface area is 128 Å². The van der Waals surface area contributed by atoms with Gasteiger partial charge in [-0.25, -0.2) is 0 Å². The highest BCUT2D eigenvalue weighted by Gasteiger charge is 2.71. The number of nitrogens with zero attached hydrogens (tertiary/aromatic N) is 2. The molecule has 118 valence electrons. The maximum atomic E-state index is 12.6. The zero-order valence-corrected chi connectivity index (χ0v) is 12.8. The van der Waals surface area contributed by atoms with Crippen LogP contribution < -0.4 is 0 Å². The summed E-state index contributed by atoms with van der Waals surface area (Å²) in [6, 6.07) is 0. The van der Waals surface area contributed by atoms with Crippen molar-refractivity contribution in [2.24, 2.45) is 32.9 Å². The summed E-state index contributed by atoms with van der Waals surface area (Å²) in [5.74, 6) is -0.669. The van der Waals surface area contributed by atoms with Crippen LogP contribution in [0.2, 0.25) is 0 Å². The van der Waals surface area contributed by atoms with E-state index >= 15 is 0 Å². The number of aliphatic hydroxyl groups is 1. The van der Waals surface area contributed by atoms with Gasteiger partial charge >= 0.3 is 5.97 Å². The van der Waals surface area contributed by atoms with Crippen molar-refractivity contribution in [3.63, 3.8) is 0 Å². The van der Waals surface area contributed by atoms with Crippen LogP contribution in [0.15, 0.2) is 22.4 Å². The third-order valence-corrected chi connectivity index (χ3v) is 6.59. The summed E-state index contributed by atoms with van der Waals surface area (Å²) in [5, 5.41) is 19.2. The van der Waals surface area contributed by atoms with Crippen molar-refractivity contribution in [1.82, 2.24) is 0 Å². The van der Waals surface area contributed by atoms with Crippen molar-refractivity contribution in [3.05, 3.63) is 12.2 Å². The van der Waals surface area contributed by atoms with Gasteiger partial charge in [-0.05, 0) is 37.8 Å². The predicted octanol–water partition coefficient (Wildman–Crippen LogP) is 1.29. The molecule has 22 heavy (non-hydrogen) atoms. The van der Waals surface area contributed by atoms with Crippen LogP contribution in [-0.4, -0.2) is 41.7 Å². The average Bonchev–Trinajstić information content (AvgIpc) is 3.13. The fraction of sp³-hybridized carbons (Fsp3) is 0.750. The molecule has 0 aromatic rings. The van der Waals surface area contributed by atoms with Crippen molar-refractivity contribution < 1.29 is 19.4 Å². The van der Waals surface area contributed by atoms with Gasteiger partial charge in [0.1, 0.15) is 17.1 Å². The second kappa shape index (κ2) is 4.04. The molecule has 0 radical (unpaired) electrons. The lowest BCUT2D eigenvalue weighted by Gasteiger charge is -2.43. The van der Waals surface area contributed by atoms with Crippen molar-refractivity contribution in [1.29, 1.82) is 0 Å². The van der Waals surface area contributed by atoms with Crippen molar-refractivity contribution >= 4 is 11.8 Å². The first kappa shape index (κ1) is 14.1. The second-order valence-electron chi connectivity index (χ2n) is 7.39. The standard InChI is InChI=1S/C16H20N2O4/c1-9-3-4-10-12(14(2)11(19)5-6-16(9,14)21)22-13(20)15(10)7-17-18-8-15/h5-6,9-10,12,21H,3-4,7-8H2,1-2H3/t9-,10+,12+,14-,16+/m0/s1. The Balaban J connectivity index is 1.85. The number of ether oxygens (including phenoxy) is 1. The Morgan fingerprint density at radius 1 is 1.27 bits per heavy atom. The van der Waals surface area contributed by atoms with Gasteiger partial charge in [-0.15, -0.1) is 0 Å². The molecule has 0 amide bonds. The van der Waals surface area contributed by atoms with Crippen molar-refractivity contribution in [2.75, 3.05) is 13.1 Å². The largest absolute Gasteiger partial charge is 0.460 e. The highest BCUT2D eigenvalue weighted by molar-refractivity contribution is 6.00. The van der Waals surface area contributed by atoms with E-state index in [1.165, 1.54) is 6.08 Å². The van der Waals surface area contributed by atoms with E-state index in [2.05, 4.69) is 10.2 Å². The van der Waals surface area contributed by atoms with Crippen LogP contribution in [0.1, 0.15) is 26.7 Å². The smallest absolute Gasteiger partial charge is 0.316 e. The first-order chi connectivity index (χ1) is 10.4. The summed E-state index contributed by atoms with van der Waals surface area (Å²) >= 11 is 0. The fourth-order valence-corrected chi connectivity index (χ4v) is 4.91. The monoisotopic (exact) mass is 304 g/mol. The summed E-state index contributed by atoms with van der Waals surface area (Å²) in [6.07, 6.45) is 3.91. The van der Waals surface area contributed by atoms with Crippen molar-refractivity contribution in [3.8, 4) is 0 Å². The summed E-state index contributed by atoms with van der Waals surface area (Å²) < 4.78 is 5.70. The lowest BCUT2D eigenvalue weighted by atomic mass is 9.62. The second-order valence-corrected chi connectivity index (χ2v) is 7.39. The molecular weight excluding hydrogens is 284 g/mol. The van der Waals surface area contributed by atoms with Crippen LogP contribution in [0.5, 0.6) is 0 Å². The maximum Gasteiger partial charge on any atom is 0.316 e.